The number of nitriles is 1. The van der Waals surface area contributed by atoms with Gasteiger partial charge in [-0.15, -0.1) is 0 Å². The highest BCUT2D eigenvalue weighted by Crippen LogP contribution is 2.22. The van der Waals surface area contributed by atoms with E-state index in [4.69, 9.17) is 11.0 Å². The molecule has 0 saturated heterocycles. The number of hydrogen-bond acceptors (Lipinski definition) is 4. The van der Waals surface area contributed by atoms with Crippen LogP contribution in [-0.2, 0) is 0 Å². The molecule has 0 bridgehead atoms. The monoisotopic (exact) mass is 253 g/mol. The van der Waals surface area contributed by atoms with E-state index in [2.05, 4.69) is 5.32 Å². The van der Waals surface area contributed by atoms with Crippen LogP contribution in [0.1, 0.15) is 17.2 Å². The Kier molecular flexibility index (Phi) is 4.01. The Balaban J connectivity index is 2.22. The molecule has 0 aromatic heterocycles. The summed E-state index contributed by atoms with van der Waals surface area (Å²) in [7, 11) is 0. The van der Waals surface area contributed by atoms with Crippen LogP contribution in [0.3, 0.4) is 0 Å². The van der Waals surface area contributed by atoms with Crippen molar-refractivity contribution in [3.8, 4) is 6.07 Å². The Morgan fingerprint density at radius 2 is 1.95 bits per heavy atom. The number of nitrogens with one attached hydrogen (secondary N) is 1. The first-order chi connectivity index (χ1) is 9.24. The molecule has 0 aliphatic rings. The summed E-state index contributed by atoms with van der Waals surface area (Å²) in [6.45, 7) is -0.0315. The van der Waals surface area contributed by atoms with Crippen LogP contribution in [0.25, 0.3) is 0 Å². The molecule has 2 rings (SSSR count). The molecule has 2 aromatic carbocycles. The number of aliphatic hydroxyl groups is 1. The van der Waals surface area contributed by atoms with Gasteiger partial charge in [-0.3, -0.25) is 0 Å². The minimum atomic E-state index is -0.212. The Hall–Kier alpha value is -2.51. The summed E-state index contributed by atoms with van der Waals surface area (Å²) in [6, 6.07) is 16.6. The number of rotatable bonds is 4. The molecule has 0 spiro atoms. The van der Waals surface area contributed by atoms with Crippen LogP contribution in [0.2, 0.25) is 0 Å². The summed E-state index contributed by atoms with van der Waals surface area (Å²) in [4.78, 5) is 0. The lowest BCUT2D eigenvalue weighted by Gasteiger charge is -2.18. The lowest BCUT2D eigenvalue weighted by molar-refractivity contribution is 0.276. The van der Waals surface area contributed by atoms with Gasteiger partial charge >= 0.3 is 0 Å². The molecule has 1 atom stereocenters. The van der Waals surface area contributed by atoms with Gasteiger partial charge in [0.1, 0.15) is 6.07 Å². The van der Waals surface area contributed by atoms with Crippen molar-refractivity contribution in [2.45, 2.75) is 6.04 Å². The van der Waals surface area contributed by atoms with E-state index in [9.17, 15) is 5.11 Å². The predicted molar refractivity (Wildman–Crippen MR) is 75.5 cm³/mol. The molecule has 0 amide bonds. The van der Waals surface area contributed by atoms with Crippen LogP contribution in [0.4, 0.5) is 11.4 Å². The van der Waals surface area contributed by atoms with E-state index in [1.165, 1.54) is 0 Å². The Labute approximate surface area is 112 Å². The van der Waals surface area contributed by atoms with Gasteiger partial charge in [-0.1, -0.05) is 30.3 Å². The van der Waals surface area contributed by atoms with Crippen molar-refractivity contribution in [2.24, 2.45) is 0 Å². The maximum absolute atomic E-state index is 9.47. The Morgan fingerprint density at radius 3 is 2.58 bits per heavy atom. The van der Waals surface area contributed by atoms with E-state index < -0.39 is 0 Å². The lowest BCUT2D eigenvalue weighted by atomic mass is 10.1. The van der Waals surface area contributed by atoms with Crippen LogP contribution >= 0.6 is 0 Å². The van der Waals surface area contributed by atoms with Crippen LogP contribution in [-0.4, -0.2) is 11.7 Å². The molecule has 2 aromatic rings. The van der Waals surface area contributed by atoms with Gasteiger partial charge in [-0.25, -0.2) is 0 Å². The van der Waals surface area contributed by atoms with Crippen molar-refractivity contribution >= 4 is 11.4 Å². The minimum absolute atomic E-state index is 0.0315. The third-order valence-corrected chi connectivity index (χ3v) is 2.90. The molecule has 1 unspecified atom stereocenters. The van der Waals surface area contributed by atoms with Crippen molar-refractivity contribution in [1.82, 2.24) is 0 Å². The average Bonchev–Trinajstić information content (AvgIpc) is 2.47. The summed E-state index contributed by atoms with van der Waals surface area (Å²) < 4.78 is 0. The van der Waals surface area contributed by atoms with Crippen molar-refractivity contribution in [2.75, 3.05) is 17.7 Å². The van der Waals surface area contributed by atoms with Crippen LogP contribution in [0, 0.1) is 11.3 Å². The van der Waals surface area contributed by atoms with Crippen molar-refractivity contribution < 1.29 is 5.11 Å². The first-order valence-corrected chi connectivity index (χ1v) is 5.96. The molecule has 4 N–H and O–H groups in total. The third-order valence-electron chi connectivity index (χ3n) is 2.90. The van der Waals surface area contributed by atoms with E-state index in [1.54, 1.807) is 18.2 Å². The van der Waals surface area contributed by atoms with Gasteiger partial charge in [0.25, 0.3) is 0 Å². The number of hydrogen-bond donors (Lipinski definition) is 3. The second kappa shape index (κ2) is 5.89. The Morgan fingerprint density at radius 1 is 1.21 bits per heavy atom. The van der Waals surface area contributed by atoms with Gasteiger partial charge in [0.05, 0.1) is 18.2 Å². The summed E-state index contributed by atoms with van der Waals surface area (Å²) in [6.07, 6.45) is 0. The highest BCUT2D eigenvalue weighted by molar-refractivity contribution is 5.62. The fourth-order valence-electron chi connectivity index (χ4n) is 1.86. The highest BCUT2D eigenvalue weighted by atomic mass is 16.3. The summed E-state index contributed by atoms with van der Waals surface area (Å²) in [5.74, 6) is 0. The van der Waals surface area contributed by atoms with Gasteiger partial charge in [0.2, 0.25) is 0 Å². The molecule has 0 radical (unpaired) electrons. The van der Waals surface area contributed by atoms with Crippen molar-refractivity contribution in [1.29, 1.82) is 5.26 Å². The molecule has 4 nitrogen and oxygen atoms in total. The first-order valence-electron chi connectivity index (χ1n) is 5.96. The number of aliphatic hydroxyl groups excluding tert-OH is 1. The van der Waals surface area contributed by atoms with Crippen molar-refractivity contribution in [3.63, 3.8) is 0 Å². The molecule has 19 heavy (non-hydrogen) atoms. The quantitative estimate of drug-likeness (QED) is 0.730. The van der Waals surface area contributed by atoms with E-state index in [0.717, 1.165) is 11.3 Å². The minimum Gasteiger partial charge on any atom is -0.398 e. The fraction of sp³-hybridized carbons (Fsp3) is 0.133. The zero-order valence-electron chi connectivity index (χ0n) is 10.4. The molecule has 0 saturated carbocycles. The van der Waals surface area contributed by atoms with Gasteiger partial charge in [-0.05, 0) is 23.8 Å². The molecular formula is C15H15N3O. The highest BCUT2D eigenvalue weighted by Gasteiger charge is 2.10. The van der Waals surface area contributed by atoms with Crippen LogP contribution in [0.5, 0.6) is 0 Å². The molecule has 0 aliphatic heterocycles. The van der Waals surface area contributed by atoms with Crippen molar-refractivity contribution in [3.05, 3.63) is 59.7 Å². The topological polar surface area (TPSA) is 82.1 Å². The maximum Gasteiger partial charge on any atom is 0.101 e. The van der Waals surface area contributed by atoms with E-state index in [-0.39, 0.29) is 12.6 Å². The molecular weight excluding hydrogens is 238 g/mol. The molecule has 4 heteroatoms. The summed E-state index contributed by atoms with van der Waals surface area (Å²) >= 11 is 0. The standard InChI is InChI=1S/C15H15N3O/c16-9-12-8-13(6-7-14(12)17)18-15(10-19)11-4-2-1-3-5-11/h1-8,15,18-19H,10,17H2. The van der Waals surface area contributed by atoms with Crippen LogP contribution in [0.15, 0.2) is 48.5 Å². The van der Waals surface area contributed by atoms with Gasteiger partial charge in [0.15, 0.2) is 0 Å². The van der Waals surface area contributed by atoms with Gasteiger partial charge < -0.3 is 16.2 Å². The second-order valence-corrected chi connectivity index (χ2v) is 4.20. The van der Waals surface area contributed by atoms with Gasteiger partial charge in [-0.2, -0.15) is 5.26 Å². The largest absolute Gasteiger partial charge is 0.398 e. The lowest BCUT2D eigenvalue weighted by Crippen LogP contribution is -2.14. The van der Waals surface area contributed by atoms with E-state index in [0.29, 0.717) is 11.3 Å². The average molecular weight is 253 g/mol. The second-order valence-electron chi connectivity index (χ2n) is 4.20. The SMILES string of the molecule is N#Cc1cc(NC(CO)c2ccccc2)ccc1N. The predicted octanol–water partition coefficient (Wildman–Crippen LogP) is 2.29. The summed E-state index contributed by atoms with van der Waals surface area (Å²) in [5, 5.41) is 21.6. The van der Waals surface area contributed by atoms with E-state index >= 15 is 0 Å². The zero-order chi connectivity index (χ0) is 13.7. The zero-order valence-corrected chi connectivity index (χ0v) is 10.4. The number of nitrogens with two attached hydrogens (primary N) is 1. The van der Waals surface area contributed by atoms with E-state index in [1.807, 2.05) is 36.4 Å². The number of anilines is 2. The normalized spacial score (nSPS) is 11.6. The number of nitrogen functional groups attached to an aromatic ring is 1. The smallest absolute Gasteiger partial charge is 0.101 e. The maximum atomic E-state index is 9.47. The molecule has 0 aliphatic carbocycles. The van der Waals surface area contributed by atoms with Gasteiger partial charge in [0, 0.05) is 11.4 Å². The molecule has 0 fully saturated rings. The number of benzene rings is 2. The Bertz CT molecular complexity index is 590. The first kappa shape index (κ1) is 12.9. The van der Waals surface area contributed by atoms with Crippen LogP contribution < -0.4 is 11.1 Å². The third kappa shape index (κ3) is 3.03. The fourth-order valence-corrected chi connectivity index (χ4v) is 1.86. The number of nitrogens with zero attached hydrogens (tertiary/aromatic N) is 1. The molecule has 0 heterocycles. The summed E-state index contributed by atoms with van der Waals surface area (Å²) in [5.41, 5.74) is 8.30. The molecule has 96 valence electrons.